The van der Waals surface area contributed by atoms with E-state index in [1.54, 1.807) is 6.07 Å². The van der Waals surface area contributed by atoms with Crippen LogP contribution in [0.4, 0.5) is 0 Å². The SMILES string of the molecule is CNS(=O)(=O)c1cc(C(=O)NCCC2CCNC2)ccc1OC. The lowest BCUT2D eigenvalue weighted by molar-refractivity contribution is 0.0951. The number of carbonyl (C=O) groups is 1. The Morgan fingerprint density at radius 3 is 2.83 bits per heavy atom. The van der Waals surface area contributed by atoms with Gasteiger partial charge in [0.1, 0.15) is 10.6 Å². The number of hydrogen-bond donors (Lipinski definition) is 3. The smallest absolute Gasteiger partial charge is 0.251 e. The number of carbonyl (C=O) groups excluding carboxylic acids is 1. The van der Waals surface area contributed by atoms with E-state index in [2.05, 4.69) is 15.4 Å². The van der Waals surface area contributed by atoms with Crippen LogP contribution < -0.4 is 20.1 Å². The number of amides is 1. The molecule has 1 aliphatic heterocycles. The Kier molecular flexibility index (Phi) is 5.97. The molecule has 0 spiro atoms. The topological polar surface area (TPSA) is 96.5 Å². The molecule has 1 aromatic carbocycles. The van der Waals surface area contributed by atoms with Crippen LogP contribution in [0.2, 0.25) is 0 Å². The summed E-state index contributed by atoms with van der Waals surface area (Å²) in [5, 5.41) is 6.12. The van der Waals surface area contributed by atoms with E-state index in [4.69, 9.17) is 4.74 Å². The van der Waals surface area contributed by atoms with E-state index in [1.807, 2.05) is 0 Å². The highest BCUT2D eigenvalue weighted by Gasteiger charge is 2.20. The van der Waals surface area contributed by atoms with Crippen LogP contribution in [-0.2, 0) is 10.0 Å². The minimum absolute atomic E-state index is 0.0462. The zero-order valence-corrected chi connectivity index (χ0v) is 14.2. The average molecular weight is 341 g/mol. The number of rotatable bonds is 7. The summed E-state index contributed by atoms with van der Waals surface area (Å²) in [4.78, 5) is 12.2. The molecule has 0 aromatic heterocycles. The Morgan fingerprint density at radius 2 is 2.22 bits per heavy atom. The molecule has 1 fully saturated rings. The summed E-state index contributed by atoms with van der Waals surface area (Å²) >= 11 is 0. The highest BCUT2D eigenvalue weighted by Crippen LogP contribution is 2.24. The molecule has 7 nitrogen and oxygen atoms in total. The van der Waals surface area contributed by atoms with Crippen molar-refractivity contribution in [1.82, 2.24) is 15.4 Å². The van der Waals surface area contributed by atoms with Crippen LogP contribution >= 0.6 is 0 Å². The number of ether oxygens (including phenoxy) is 1. The quantitative estimate of drug-likeness (QED) is 0.664. The summed E-state index contributed by atoms with van der Waals surface area (Å²) < 4.78 is 31.3. The first-order valence-electron chi connectivity index (χ1n) is 7.58. The fraction of sp³-hybridized carbons (Fsp3) is 0.533. The first-order valence-corrected chi connectivity index (χ1v) is 9.06. The van der Waals surface area contributed by atoms with Crippen LogP contribution in [0.25, 0.3) is 0 Å². The van der Waals surface area contributed by atoms with E-state index in [-0.39, 0.29) is 16.6 Å². The van der Waals surface area contributed by atoms with E-state index < -0.39 is 10.0 Å². The molecular weight excluding hydrogens is 318 g/mol. The summed E-state index contributed by atoms with van der Waals surface area (Å²) in [7, 11) is -0.989. The summed E-state index contributed by atoms with van der Waals surface area (Å²) in [6.45, 7) is 2.59. The zero-order valence-electron chi connectivity index (χ0n) is 13.4. The minimum Gasteiger partial charge on any atom is -0.495 e. The van der Waals surface area contributed by atoms with Gasteiger partial charge in [0.25, 0.3) is 5.91 Å². The summed E-state index contributed by atoms with van der Waals surface area (Å²) in [6, 6.07) is 4.37. The van der Waals surface area contributed by atoms with Gasteiger partial charge in [-0.1, -0.05) is 0 Å². The van der Waals surface area contributed by atoms with Crippen LogP contribution in [0.15, 0.2) is 23.1 Å². The van der Waals surface area contributed by atoms with Crippen molar-refractivity contribution in [3.8, 4) is 5.75 Å². The number of methoxy groups -OCH3 is 1. The predicted molar refractivity (Wildman–Crippen MR) is 87.2 cm³/mol. The fourth-order valence-corrected chi connectivity index (χ4v) is 3.51. The molecule has 1 atom stereocenters. The lowest BCUT2D eigenvalue weighted by atomic mass is 10.1. The molecule has 1 saturated heterocycles. The Morgan fingerprint density at radius 1 is 1.43 bits per heavy atom. The van der Waals surface area contributed by atoms with E-state index >= 15 is 0 Å². The van der Waals surface area contributed by atoms with Gasteiger partial charge in [-0.15, -0.1) is 0 Å². The number of nitrogens with one attached hydrogen (secondary N) is 3. The molecule has 0 saturated carbocycles. The van der Waals surface area contributed by atoms with E-state index in [9.17, 15) is 13.2 Å². The largest absolute Gasteiger partial charge is 0.495 e. The van der Waals surface area contributed by atoms with Crippen LogP contribution in [0.5, 0.6) is 5.75 Å². The molecule has 1 aliphatic rings. The monoisotopic (exact) mass is 341 g/mol. The van der Waals surface area contributed by atoms with Gasteiger partial charge in [0.2, 0.25) is 10.0 Å². The lowest BCUT2D eigenvalue weighted by Crippen LogP contribution is -2.27. The summed E-state index contributed by atoms with van der Waals surface area (Å²) in [5.74, 6) is 0.505. The van der Waals surface area contributed by atoms with Crippen molar-refractivity contribution in [2.45, 2.75) is 17.7 Å². The molecule has 2 rings (SSSR count). The molecule has 1 unspecified atom stereocenters. The third kappa shape index (κ3) is 4.43. The van der Waals surface area contributed by atoms with Gasteiger partial charge in [-0.25, -0.2) is 13.1 Å². The Balaban J connectivity index is 2.06. The van der Waals surface area contributed by atoms with Crippen molar-refractivity contribution in [2.75, 3.05) is 33.8 Å². The molecule has 1 amide bonds. The maximum absolute atomic E-state index is 12.2. The van der Waals surface area contributed by atoms with Crippen LogP contribution in [0.3, 0.4) is 0 Å². The first kappa shape index (κ1) is 17.7. The van der Waals surface area contributed by atoms with Gasteiger partial charge in [-0.2, -0.15) is 0 Å². The normalized spacial score (nSPS) is 17.9. The van der Waals surface area contributed by atoms with Gasteiger partial charge in [0, 0.05) is 12.1 Å². The van der Waals surface area contributed by atoms with Crippen molar-refractivity contribution >= 4 is 15.9 Å². The predicted octanol–water partition coefficient (Wildman–Crippen LogP) is 0.333. The molecule has 8 heteroatoms. The second kappa shape index (κ2) is 7.76. The van der Waals surface area contributed by atoms with E-state index in [0.29, 0.717) is 18.0 Å². The number of benzene rings is 1. The number of hydrogen-bond acceptors (Lipinski definition) is 5. The summed E-state index contributed by atoms with van der Waals surface area (Å²) in [5.41, 5.74) is 0.296. The minimum atomic E-state index is -3.69. The molecule has 1 heterocycles. The highest BCUT2D eigenvalue weighted by molar-refractivity contribution is 7.89. The molecule has 0 aliphatic carbocycles. The zero-order chi connectivity index (χ0) is 16.9. The average Bonchev–Trinajstić information content (AvgIpc) is 3.07. The molecule has 23 heavy (non-hydrogen) atoms. The molecule has 3 N–H and O–H groups in total. The standard InChI is InChI=1S/C15H23N3O4S/c1-16-23(20,21)14-9-12(3-4-13(14)22-2)15(19)18-8-6-11-5-7-17-10-11/h3-4,9,11,16-17H,5-8,10H2,1-2H3,(H,18,19). The first-order chi connectivity index (χ1) is 11.0. The Hall–Kier alpha value is -1.64. The van der Waals surface area contributed by atoms with E-state index in [0.717, 1.165) is 25.9 Å². The third-order valence-corrected chi connectivity index (χ3v) is 5.42. The lowest BCUT2D eigenvalue weighted by Gasteiger charge is -2.12. The van der Waals surface area contributed by atoms with Crippen molar-refractivity contribution < 1.29 is 17.9 Å². The van der Waals surface area contributed by atoms with Gasteiger partial charge in [-0.05, 0) is 57.1 Å². The van der Waals surface area contributed by atoms with Gasteiger partial charge in [0.15, 0.2) is 0 Å². The van der Waals surface area contributed by atoms with Crippen molar-refractivity contribution in [1.29, 1.82) is 0 Å². The second-order valence-electron chi connectivity index (χ2n) is 5.48. The van der Waals surface area contributed by atoms with Gasteiger partial charge < -0.3 is 15.4 Å². The van der Waals surface area contributed by atoms with Crippen molar-refractivity contribution in [3.63, 3.8) is 0 Å². The second-order valence-corrected chi connectivity index (χ2v) is 7.33. The van der Waals surface area contributed by atoms with Gasteiger partial charge in [-0.3, -0.25) is 4.79 Å². The Bertz CT molecular complexity index is 655. The maximum Gasteiger partial charge on any atom is 0.251 e. The molecular formula is C15H23N3O4S. The van der Waals surface area contributed by atoms with Crippen LogP contribution in [-0.4, -0.2) is 48.1 Å². The number of sulfonamides is 1. The van der Waals surface area contributed by atoms with Crippen molar-refractivity contribution in [3.05, 3.63) is 23.8 Å². The van der Waals surface area contributed by atoms with Crippen LogP contribution in [0.1, 0.15) is 23.2 Å². The molecule has 0 bridgehead atoms. The van der Waals surface area contributed by atoms with Crippen LogP contribution in [0, 0.1) is 5.92 Å². The van der Waals surface area contributed by atoms with Crippen molar-refractivity contribution in [2.24, 2.45) is 5.92 Å². The molecule has 128 valence electrons. The third-order valence-electron chi connectivity index (χ3n) is 3.98. The highest BCUT2D eigenvalue weighted by atomic mass is 32.2. The molecule has 0 radical (unpaired) electrons. The van der Waals surface area contributed by atoms with Gasteiger partial charge in [0.05, 0.1) is 7.11 Å². The van der Waals surface area contributed by atoms with E-state index in [1.165, 1.54) is 26.3 Å². The maximum atomic E-state index is 12.2. The molecule has 1 aromatic rings. The fourth-order valence-electron chi connectivity index (χ4n) is 2.59. The van der Waals surface area contributed by atoms with Gasteiger partial charge >= 0.3 is 0 Å². The summed E-state index contributed by atoms with van der Waals surface area (Å²) in [6.07, 6.45) is 2.04. The Labute approximate surface area is 136 Å².